The molecule has 0 aliphatic carbocycles. The highest BCUT2D eigenvalue weighted by atomic mass is 79.9. The molecule has 0 aliphatic rings. The van der Waals surface area contributed by atoms with Crippen molar-refractivity contribution in [1.29, 1.82) is 0 Å². The summed E-state index contributed by atoms with van der Waals surface area (Å²) in [4.78, 5) is 0. The first-order valence-electron chi connectivity index (χ1n) is 3.99. The molecule has 76 valence electrons. The fourth-order valence-electron chi connectivity index (χ4n) is 0.963. The van der Waals surface area contributed by atoms with Crippen LogP contribution < -0.4 is 15.4 Å². The molecule has 0 aliphatic heterocycles. The lowest BCUT2D eigenvalue weighted by molar-refractivity contribution is 0.417. The quantitative estimate of drug-likeness (QED) is 0.812. The number of thiocarbonyl (C=S) groups is 1. The van der Waals surface area contributed by atoms with E-state index >= 15 is 0 Å². The Balaban J connectivity index is 2.93. The number of nitrogens with one attached hydrogen (secondary N) is 2. The van der Waals surface area contributed by atoms with E-state index in [2.05, 4.69) is 26.6 Å². The van der Waals surface area contributed by atoms with Gasteiger partial charge in [-0.3, -0.25) is 0 Å². The Morgan fingerprint density at radius 1 is 1.50 bits per heavy atom. The van der Waals surface area contributed by atoms with Crippen molar-refractivity contribution in [2.24, 2.45) is 0 Å². The maximum atomic E-state index is 5.17. The van der Waals surface area contributed by atoms with Gasteiger partial charge >= 0.3 is 0 Å². The van der Waals surface area contributed by atoms with E-state index in [1.807, 2.05) is 18.2 Å². The maximum Gasteiger partial charge on any atom is 0.170 e. The molecule has 2 N–H and O–H groups in total. The highest BCUT2D eigenvalue weighted by Crippen LogP contribution is 2.27. The molecule has 0 unspecified atom stereocenters. The third-order valence-electron chi connectivity index (χ3n) is 1.64. The Kier molecular flexibility index (Phi) is 4.16. The number of rotatable bonds is 2. The van der Waals surface area contributed by atoms with E-state index in [0.29, 0.717) is 5.11 Å². The minimum atomic E-state index is 0.557. The van der Waals surface area contributed by atoms with Crippen LogP contribution in [-0.4, -0.2) is 19.3 Å². The van der Waals surface area contributed by atoms with Gasteiger partial charge in [0.15, 0.2) is 5.11 Å². The molecule has 0 spiro atoms. The normalized spacial score (nSPS) is 9.36. The van der Waals surface area contributed by atoms with Gasteiger partial charge in [-0.2, -0.15) is 0 Å². The zero-order chi connectivity index (χ0) is 10.6. The second-order valence-electron chi connectivity index (χ2n) is 2.55. The van der Waals surface area contributed by atoms with Crippen molar-refractivity contribution >= 4 is 38.9 Å². The molecule has 0 saturated heterocycles. The lowest BCUT2D eigenvalue weighted by atomic mass is 10.3. The van der Waals surface area contributed by atoms with Gasteiger partial charge in [0.2, 0.25) is 0 Å². The molecule has 1 aromatic rings. The Bertz CT molecular complexity index is 344. The molecule has 0 saturated carbocycles. The summed E-state index contributed by atoms with van der Waals surface area (Å²) in [6.07, 6.45) is 0. The van der Waals surface area contributed by atoms with Crippen LogP contribution in [0.25, 0.3) is 0 Å². The summed E-state index contributed by atoms with van der Waals surface area (Å²) in [5, 5.41) is 6.41. The number of hydrogen-bond acceptors (Lipinski definition) is 2. The molecular formula is C9H11BrN2OS. The standard InChI is InChI=1S/C9H11BrN2OS/c1-11-9(14)12-7-5-6(10)3-4-8(7)13-2/h3-5H,1-2H3,(H2,11,12,14). The topological polar surface area (TPSA) is 33.3 Å². The van der Waals surface area contributed by atoms with Gasteiger partial charge in [0.1, 0.15) is 5.75 Å². The summed E-state index contributed by atoms with van der Waals surface area (Å²) in [7, 11) is 3.39. The largest absolute Gasteiger partial charge is 0.495 e. The monoisotopic (exact) mass is 274 g/mol. The maximum absolute atomic E-state index is 5.17. The van der Waals surface area contributed by atoms with Crippen LogP contribution in [0, 0.1) is 0 Å². The van der Waals surface area contributed by atoms with Crippen LogP contribution in [0.15, 0.2) is 22.7 Å². The molecule has 14 heavy (non-hydrogen) atoms. The summed E-state index contributed by atoms with van der Waals surface area (Å²) < 4.78 is 6.15. The van der Waals surface area contributed by atoms with Crippen LogP contribution in [-0.2, 0) is 0 Å². The Morgan fingerprint density at radius 3 is 2.79 bits per heavy atom. The molecule has 0 atom stereocenters. The molecule has 0 aromatic heterocycles. The Morgan fingerprint density at radius 2 is 2.21 bits per heavy atom. The predicted molar refractivity (Wildman–Crippen MR) is 66.0 cm³/mol. The van der Waals surface area contributed by atoms with E-state index in [1.54, 1.807) is 14.2 Å². The fraction of sp³-hybridized carbons (Fsp3) is 0.222. The Hall–Kier alpha value is -0.810. The molecule has 3 nitrogen and oxygen atoms in total. The molecule has 0 heterocycles. The highest BCUT2D eigenvalue weighted by molar-refractivity contribution is 9.10. The Labute approximate surface area is 97.0 Å². The van der Waals surface area contributed by atoms with E-state index < -0.39 is 0 Å². The third kappa shape index (κ3) is 2.85. The lowest BCUT2D eigenvalue weighted by Gasteiger charge is -2.11. The van der Waals surface area contributed by atoms with E-state index in [-0.39, 0.29) is 0 Å². The second-order valence-corrected chi connectivity index (χ2v) is 3.87. The number of benzene rings is 1. The van der Waals surface area contributed by atoms with Crippen molar-refractivity contribution in [3.05, 3.63) is 22.7 Å². The highest BCUT2D eigenvalue weighted by Gasteiger charge is 2.04. The molecule has 0 fully saturated rings. The molecule has 1 rings (SSSR count). The minimum absolute atomic E-state index is 0.557. The number of anilines is 1. The predicted octanol–water partition coefficient (Wildman–Crippen LogP) is 2.37. The van der Waals surface area contributed by atoms with Crippen LogP contribution in [0.4, 0.5) is 5.69 Å². The van der Waals surface area contributed by atoms with Gasteiger partial charge in [0, 0.05) is 11.5 Å². The van der Waals surface area contributed by atoms with E-state index in [4.69, 9.17) is 17.0 Å². The SMILES string of the molecule is CNC(=S)Nc1cc(Br)ccc1OC. The van der Waals surface area contributed by atoms with Crippen LogP contribution in [0.5, 0.6) is 5.75 Å². The molecule has 0 radical (unpaired) electrons. The number of halogens is 1. The van der Waals surface area contributed by atoms with Gasteiger partial charge in [-0.1, -0.05) is 15.9 Å². The zero-order valence-electron chi connectivity index (χ0n) is 7.93. The van der Waals surface area contributed by atoms with Gasteiger partial charge in [0.25, 0.3) is 0 Å². The fourth-order valence-corrected chi connectivity index (χ4v) is 1.43. The third-order valence-corrected chi connectivity index (χ3v) is 2.44. The number of ether oxygens (including phenoxy) is 1. The average Bonchev–Trinajstić information content (AvgIpc) is 2.18. The summed E-state index contributed by atoms with van der Waals surface area (Å²) in [6, 6.07) is 5.68. The van der Waals surface area contributed by atoms with Gasteiger partial charge in [-0.15, -0.1) is 0 Å². The molecular weight excluding hydrogens is 264 g/mol. The van der Waals surface area contributed by atoms with Gasteiger partial charge < -0.3 is 15.4 Å². The van der Waals surface area contributed by atoms with E-state index in [0.717, 1.165) is 15.9 Å². The first-order valence-corrected chi connectivity index (χ1v) is 5.19. The van der Waals surface area contributed by atoms with E-state index in [1.165, 1.54) is 0 Å². The van der Waals surface area contributed by atoms with Crippen molar-refractivity contribution in [3.8, 4) is 5.75 Å². The van der Waals surface area contributed by atoms with Crippen molar-refractivity contribution < 1.29 is 4.74 Å². The summed E-state index contributed by atoms with van der Waals surface area (Å²) in [6.45, 7) is 0. The lowest BCUT2D eigenvalue weighted by Crippen LogP contribution is -2.24. The summed E-state index contributed by atoms with van der Waals surface area (Å²) in [5.74, 6) is 0.755. The van der Waals surface area contributed by atoms with E-state index in [9.17, 15) is 0 Å². The first-order chi connectivity index (χ1) is 6.67. The van der Waals surface area contributed by atoms with Crippen molar-refractivity contribution in [2.45, 2.75) is 0 Å². The first kappa shape index (κ1) is 11.3. The van der Waals surface area contributed by atoms with Crippen LogP contribution in [0.3, 0.4) is 0 Å². The summed E-state index contributed by atoms with van der Waals surface area (Å²) >= 11 is 8.37. The number of methoxy groups -OCH3 is 1. The molecule has 0 amide bonds. The van der Waals surface area contributed by atoms with Crippen molar-refractivity contribution in [1.82, 2.24) is 5.32 Å². The minimum Gasteiger partial charge on any atom is -0.495 e. The summed E-state index contributed by atoms with van der Waals surface area (Å²) in [5.41, 5.74) is 0.834. The molecule has 5 heteroatoms. The van der Waals surface area contributed by atoms with Crippen molar-refractivity contribution in [2.75, 3.05) is 19.5 Å². The van der Waals surface area contributed by atoms with Crippen LogP contribution in [0.1, 0.15) is 0 Å². The average molecular weight is 275 g/mol. The smallest absolute Gasteiger partial charge is 0.170 e. The van der Waals surface area contributed by atoms with Crippen LogP contribution >= 0.6 is 28.1 Å². The van der Waals surface area contributed by atoms with Crippen LogP contribution in [0.2, 0.25) is 0 Å². The van der Waals surface area contributed by atoms with Gasteiger partial charge in [0.05, 0.1) is 12.8 Å². The molecule has 1 aromatic carbocycles. The van der Waals surface area contributed by atoms with Gasteiger partial charge in [-0.25, -0.2) is 0 Å². The second kappa shape index (κ2) is 5.17. The number of hydrogen-bond donors (Lipinski definition) is 2. The van der Waals surface area contributed by atoms with Gasteiger partial charge in [-0.05, 0) is 30.4 Å². The van der Waals surface area contributed by atoms with Crippen molar-refractivity contribution in [3.63, 3.8) is 0 Å². The zero-order valence-corrected chi connectivity index (χ0v) is 10.3. The molecule has 0 bridgehead atoms.